The molecule has 0 unspecified atom stereocenters. The predicted octanol–water partition coefficient (Wildman–Crippen LogP) is 3.87. The van der Waals surface area contributed by atoms with Gasteiger partial charge in [0.15, 0.2) is 0 Å². The number of nitrogens with zero attached hydrogens (tertiary/aromatic N) is 3. The van der Waals surface area contributed by atoms with E-state index in [9.17, 15) is 13.2 Å². The van der Waals surface area contributed by atoms with Crippen LogP contribution in [0.15, 0.2) is 57.8 Å². The van der Waals surface area contributed by atoms with Crippen molar-refractivity contribution in [3.05, 3.63) is 65.5 Å². The summed E-state index contributed by atoms with van der Waals surface area (Å²) in [5, 5.41) is 10.4. The van der Waals surface area contributed by atoms with Gasteiger partial charge in [-0.1, -0.05) is 30.6 Å². The molecule has 2 aromatic carbocycles. The van der Waals surface area contributed by atoms with E-state index in [2.05, 4.69) is 15.5 Å². The first-order chi connectivity index (χ1) is 16.4. The van der Waals surface area contributed by atoms with Gasteiger partial charge < -0.3 is 9.15 Å². The zero-order valence-corrected chi connectivity index (χ0v) is 20.0. The monoisotopic (exact) mass is 484 g/mol. The van der Waals surface area contributed by atoms with E-state index in [1.54, 1.807) is 11.4 Å². The van der Waals surface area contributed by atoms with E-state index in [4.69, 9.17) is 9.15 Å². The normalized spacial score (nSPS) is 16.8. The van der Waals surface area contributed by atoms with Crippen molar-refractivity contribution in [2.45, 2.75) is 50.0 Å². The number of carbonyl (C=O) groups is 1. The minimum absolute atomic E-state index is 0.0198. The van der Waals surface area contributed by atoms with Gasteiger partial charge in [0.05, 0.1) is 18.4 Å². The van der Waals surface area contributed by atoms with E-state index in [1.165, 1.54) is 24.3 Å². The number of rotatable bonds is 8. The minimum Gasteiger partial charge on any atom is -0.497 e. The SMILES string of the molecule is CC[C@@H]1CCCCN1S(=O)(=O)c1ccc(C(=O)Nc2nnc(Cc3ccc(OC)cc3)o2)cc1. The van der Waals surface area contributed by atoms with Gasteiger partial charge >= 0.3 is 6.01 Å². The topological polar surface area (TPSA) is 115 Å². The first-order valence-electron chi connectivity index (χ1n) is 11.3. The Labute approximate surface area is 199 Å². The molecule has 1 aliphatic heterocycles. The van der Waals surface area contributed by atoms with Gasteiger partial charge in [-0.2, -0.15) is 4.31 Å². The van der Waals surface area contributed by atoms with Gasteiger partial charge in [-0.25, -0.2) is 8.42 Å². The molecule has 0 spiro atoms. The van der Waals surface area contributed by atoms with Crippen LogP contribution in [0.5, 0.6) is 5.75 Å². The molecule has 4 rings (SSSR count). The number of ether oxygens (including phenoxy) is 1. The molecule has 10 heteroatoms. The Bertz CT molecular complexity index is 1220. The molecule has 1 fully saturated rings. The number of amides is 1. The molecular formula is C24H28N4O5S. The van der Waals surface area contributed by atoms with Crippen molar-refractivity contribution in [2.24, 2.45) is 0 Å². The van der Waals surface area contributed by atoms with Crippen LogP contribution in [0.4, 0.5) is 6.01 Å². The van der Waals surface area contributed by atoms with Crippen molar-refractivity contribution in [1.29, 1.82) is 0 Å². The fourth-order valence-corrected chi connectivity index (χ4v) is 5.84. The molecule has 1 aliphatic rings. The van der Waals surface area contributed by atoms with Crippen LogP contribution in [0.1, 0.15) is 54.4 Å². The van der Waals surface area contributed by atoms with Gasteiger partial charge in [0.25, 0.3) is 5.91 Å². The third kappa shape index (κ3) is 5.28. The van der Waals surface area contributed by atoms with Crippen LogP contribution in [0, 0.1) is 0 Å². The lowest BCUT2D eigenvalue weighted by atomic mass is 10.0. The molecule has 0 aliphatic carbocycles. The highest BCUT2D eigenvalue weighted by molar-refractivity contribution is 7.89. The number of nitrogens with one attached hydrogen (secondary N) is 1. The zero-order valence-electron chi connectivity index (χ0n) is 19.2. The minimum atomic E-state index is -3.60. The highest BCUT2D eigenvalue weighted by Crippen LogP contribution is 2.27. The molecule has 0 bridgehead atoms. The summed E-state index contributed by atoms with van der Waals surface area (Å²) in [5.74, 6) is 0.643. The summed E-state index contributed by atoms with van der Waals surface area (Å²) in [6.45, 7) is 2.53. The van der Waals surface area contributed by atoms with Gasteiger partial charge in [-0.05, 0) is 61.2 Å². The standard InChI is InChI=1S/C24H28N4O5S/c1-3-19-6-4-5-15-28(19)34(30,31)21-13-9-18(10-14-21)23(29)25-24-27-26-22(33-24)16-17-7-11-20(32-2)12-8-17/h7-14,19H,3-6,15-16H2,1-2H3,(H,25,27,29)/t19-/m1/s1. The molecule has 34 heavy (non-hydrogen) atoms. The van der Waals surface area contributed by atoms with Crippen LogP contribution < -0.4 is 10.1 Å². The van der Waals surface area contributed by atoms with Crippen LogP contribution in [0.2, 0.25) is 0 Å². The zero-order chi connectivity index (χ0) is 24.1. The summed E-state index contributed by atoms with van der Waals surface area (Å²) in [5.41, 5.74) is 1.25. The van der Waals surface area contributed by atoms with Crippen molar-refractivity contribution < 1.29 is 22.4 Å². The summed E-state index contributed by atoms with van der Waals surface area (Å²) < 4.78 is 38.5. The largest absolute Gasteiger partial charge is 0.497 e. The van der Waals surface area contributed by atoms with Crippen molar-refractivity contribution in [1.82, 2.24) is 14.5 Å². The number of hydrogen-bond acceptors (Lipinski definition) is 7. The molecule has 2 heterocycles. The number of sulfonamides is 1. The Kier molecular flexibility index (Phi) is 7.28. The molecule has 1 saturated heterocycles. The molecule has 3 aromatic rings. The maximum Gasteiger partial charge on any atom is 0.322 e. The number of carbonyl (C=O) groups excluding carboxylic acids is 1. The molecular weight excluding hydrogens is 456 g/mol. The lowest BCUT2D eigenvalue weighted by Crippen LogP contribution is -2.43. The van der Waals surface area contributed by atoms with Crippen LogP contribution in [-0.4, -0.2) is 48.5 Å². The predicted molar refractivity (Wildman–Crippen MR) is 126 cm³/mol. The van der Waals surface area contributed by atoms with Crippen molar-refractivity contribution in [3.8, 4) is 5.75 Å². The van der Waals surface area contributed by atoms with Gasteiger partial charge in [0, 0.05) is 18.2 Å². The third-order valence-electron chi connectivity index (χ3n) is 5.97. The van der Waals surface area contributed by atoms with Crippen LogP contribution >= 0.6 is 0 Å². The Hall–Kier alpha value is -3.24. The van der Waals surface area contributed by atoms with Crippen LogP contribution in [0.3, 0.4) is 0 Å². The quantitative estimate of drug-likeness (QED) is 0.516. The number of methoxy groups -OCH3 is 1. The number of hydrogen-bond donors (Lipinski definition) is 1. The summed E-state index contributed by atoms with van der Waals surface area (Å²) in [6.07, 6.45) is 3.97. The van der Waals surface area contributed by atoms with Crippen LogP contribution in [-0.2, 0) is 16.4 Å². The third-order valence-corrected chi connectivity index (χ3v) is 7.94. The molecule has 1 amide bonds. The van der Waals surface area contributed by atoms with Crippen molar-refractivity contribution in [3.63, 3.8) is 0 Å². The first kappa shape index (κ1) is 23.9. The van der Waals surface area contributed by atoms with Gasteiger partial charge in [-0.3, -0.25) is 10.1 Å². The van der Waals surface area contributed by atoms with E-state index in [-0.39, 0.29) is 17.0 Å². The molecule has 9 nitrogen and oxygen atoms in total. The maximum atomic E-state index is 13.1. The maximum absolute atomic E-state index is 13.1. The van der Waals surface area contributed by atoms with E-state index >= 15 is 0 Å². The fourth-order valence-electron chi connectivity index (χ4n) is 4.07. The van der Waals surface area contributed by atoms with Crippen LogP contribution in [0.25, 0.3) is 0 Å². The van der Waals surface area contributed by atoms with Crippen molar-refractivity contribution in [2.75, 3.05) is 19.0 Å². The smallest absolute Gasteiger partial charge is 0.322 e. The molecule has 1 aromatic heterocycles. The highest BCUT2D eigenvalue weighted by Gasteiger charge is 2.32. The van der Waals surface area contributed by atoms with E-state index in [1.807, 2.05) is 31.2 Å². The second kappa shape index (κ2) is 10.4. The second-order valence-electron chi connectivity index (χ2n) is 8.18. The molecule has 1 N–H and O–H groups in total. The van der Waals surface area contributed by atoms with E-state index in [0.717, 1.165) is 37.0 Å². The highest BCUT2D eigenvalue weighted by atomic mass is 32.2. The Morgan fingerprint density at radius 3 is 2.53 bits per heavy atom. The molecule has 1 atom stereocenters. The second-order valence-corrected chi connectivity index (χ2v) is 10.1. The van der Waals surface area contributed by atoms with E-state index in [0.29, 0.717) is 24.4 Å². The fraction of sp³-hybridized carbons (Fsp3) is 0.375. The summed E-state index contributed by atoms with van der Waals surface area (Å²) in [6, 6.07) is 13.4. The van der Waals surface area contributed by atoms with Gasteiger partial charge in [0.2, 0.25) is 15.9 Å². The Morgan fingerprint density at radius 1 is 1.12 bits per heavy atom. The van der Waals surface area contributed by atoms with Gasteiger partial charge in [0.1, 0.15) is 5.75 Å². The summed E-state index contributed by atoms with van der Waals surface area (Å²) >= 11 is 0. The lowest BCUT2D eigenvalue weighted by Gasteiger charge is -2.34. The van der Waals surface area contributed by atoms with Crippen molar-refractivity contribution >= 4 is 21.9 Å². The van der Waals surface area contributed by atoms with E-state index < -0.39 is 15.9 Å². The number of anilines is 1. The number of aromatic nitrogens is 2. The Morgan fingerprint density at radius 2 is 1.85 bits per heavy atom. The summed E-state index contributed by atoms with van der Waals surface area (Å²) in [4.78, 5) is 12.8. The first-order valence-corrected chi connectivity index (χ1v) is 12.7. The summed E-state index contributed by atoms with van der Waals surface area (Å²) in [7, 11) is -2.00. The lowest BCUT2D eigenvalue weighted by molar-refractivity contribution is 0.102. The molecule has 0 radical (unpaired) electrons. The molecule has 180 valence electrons. The number of piperidine rings is 1. The Balaban J connectivity index is 1.40. The average molecular weight is 485 g/mol. The average Bonchev–Trinajstić information content (AvgIpc) is 3.31. The number of benzene rings is 2. The molecule has 0 saturated carbocycles. The van der Waals surface area contributed by atoms with Gasteiger partial charge in [-0.15, -0.1) is 5.10 Å².